The number of nitrogens with zero attached hydrogens (tertiary/aromatic N) is 3. The number of fused-ring (bicyclic) bond motifs is 1. The first-order valence-electron chi connectivity index (χ1n) is 7.55. The fourth-order valence-electron chi connectivity index (χ4n) is 2.92. The zero-order chi connectivity index (χ0) is 14.9. The Hall–Kier alpha value is -1.26. The predicted octanol–water partition coefficient (Wildman–Crippen LogP) is 3.37. The molecule has 20 heavy (non-hydrogen) atoms. The van der Waals surface area contributed by atoms with Gasteiger partial charge in [-0.3, -0.25) is 4.79 Å². The summed E-state index contributed by atoms with van der Waals surface area (Å²) in [7, 11) is 0. The fourth-order valence-corrected chi connectivity index (χ4v) is 2.92. The van der Waals surface area contributed by atoms with Gasteiger partial charge in [-0.2, -0.15) is 0 Å². The van der Waals surface area contributed by atoms with Crippen molar-refractivity contribution in [2.45, 2.75) is 71.5 Å². The molecule has 4 nitrogen and oxygen atoms in total. The van der Waals surface area contributed by atoms with Gasteiger partial charge in [0.15, 0.2) is 5.78 Å². The minimum Gasteiger partial charge on any atom is -0.295 e. The van der Waals surface area contributed by atoms with Gasteiger partial charge in [-0.05, 0) is 39.5 Å². The number of alkyl halides is 1. The highest BCUT2D eigenvalue weighted by Gasteiger charge is 2.46. The van der Waals surface area contributed by atoms with Gasteiger partial charge in [-0.1, -0.05) is 25.5 Å². The van der Waals surface area contributed by atoms with Gasteiger partial charge in [0.2, 0.25) is 5.67 Å². The van der Waals surface area contributed by atoms with Crippen LogP contribution >= 0.6 is 0 Å². The zero-order valence-electron chi connectivity index (χ0n) is 12.8. The fraction of sp³-hybridized carbons (Fsp3) is 0.800. The van der Waals surface area contributed by atoms with E-state index in [1.807, 2.05) is 13.8 Å². The number of rotatable bonds is 3. The van der Waals surface area contributed by atoms with Gasteiger partial charge in [0.1, 0.15) is 5.69 Å². The van der Waals surface area contributed by atoms with Gasteiger partial charge in [-0.15, -0.1) is 5.10 Å². The SMILES string of the molecule is CC(C)C(=O)C1(F)CCCCCc2c1nnn2C(C)C. The van der Waals surface area contributed by atoms with Crippen LogP contribution < -0.4 is 0 Å². The van der Waals surface area contributed by atoms with E-state index in [0.717, 1.165) is 31.4 Å². The highest BCUT2D eigenvalue weighted by molar-refractivity contribution is 5.89. The maximum atomic E-state index is 15.5. The third-order valence-electron chi connectivity index (χ3n) is 4.01. The number of Topliss-reactive ketones (excluding diaryl/α,β-unsaturated/α-hetero) is 1. The van der Waals surface area contributed by atoms with E-state index in [1.54, 1.807) is 18.5 Å². The molecule has 1 heterocycles. The van der Waals surface area contributed by atoms with Crippen molar-refractivity contribution in [2.75, 3.05) is 0 Å². The Kier molecular flexibility index (Phi) is 4.25. The van der Waals surface area contributed by atoms with Crippen molar-refractivity contribution in [3.8, 4) is 0 Å². The van der Waals surface area contributed by atoms with Crippen molar-refractivity contribution in [2.24, 2.45) is 5.92 Å². The Labute approximate surface area is 119 Å². The molecular formula is C15H24FN3O. The summed E-state index contributed by atoms with van der Waals surface area (Å²) in [6.45, 7) is 7.49. The Balaban J connectivity index is 2.53. The molecule has 0 bridgehead atoms. The van der Waals surface area contributed by atoms with Crippen LogP contribution in [0, 0.1) is 5.92 Å². The normalized spacial score (nSPS) is 23.6. The summed E-state index contributed by atoms with van der Waals surface area (Å²) in [5.41, 5.74) is -0.891. The van der Waals surface area contributed by atoms with Gasteiger partial charge in [-0.25, -0.2) is 9.07 Å². The van der Waals surface area contributed by atoms with Crippen LogP contribution in [-0.4, -0.2) is 20.8 Å². The van der Waals surface area contributed by atoms with Crippen LogP contribution in [0.5, 0.6) is 0 Å². The molecule has 0 fully saturated rings. The molecule has 0 N–H and O–H groups in total. The minimum atomic E-state index is -1.96. The molecule has 1 unspecified atom stereocenters. The van der Waals surface area contributed by atoms with Crippen LogP contribution in [0.15, 0.2) is 0 Å². The number of carbonyl (C=O) groups is 1. The monoisotopic (exact) mass is 281 g/mol. The molecule has 0 saturated carbocycles. The van der Waals surface area contributed by atoms with E-state index in [-0.39, 0.29) is 29.9 Å². The van der Waals surface area contributed by atoms with Crippen LogP contribution in [0.25, 0.3) is 0 Å². The molecule has 0 spiro atoms. The molecule has 0 saturated heterocycles. The smallest absolute Gasteiger partial charge is 0.214 e. The van der Waals surface area contributed by atoms with Crippen LogP contribution in [0.2, 0.25) is 0 Å². The van der Waals surface area contributed by atoms with E-state index in [2.05, 4.69) is 10.3 Å². The lowest BCUT2D eigenvalue weighted by Gasteiger charge is -2.27. The molecule has 1 aromatic rings. The summed E-state index contributed by atoms with van der Waals surface area (Å²) < 4.78 is 17.2. The standard InChI is InChI=1S/C15H24FN3O/c1-10(2)14(20)15(16)9-7-5-6-8-12-13(15)17-18-19(12)11(3)4/h10-11H,5-9H2,1-4H3. The van der Waals surface area contributed by atoms with Gasteiger partial charge in [0, 0.05) is 12.0 Å². The van der Waals surface area contributed by atoms with E-state index < -0.39 is 5.67 Å². The highest BCUT2D eigenvalue weighted by Crippen LogP contribution is 2.38. The molecular weight excluding hydrogens is 257 g/mol. The lowest BCUT2D eigenvalue weighted by Crippen LogP contribution is -2.36. The molecule has 1 aromatic heterocycles. The molecule has 1 atom stereocenters. The van der Waals surface area contributed by atoms with Crippen molar-refractivity contribution in [1.29, 1.82) is 0 Å². The minimum absolute atomic E-state index is 0.129. The molecule has 1 aliphatic rings. The topological polar surface area (TPSA) is 47.8 Å². The van der Waals surface area contributed by atoms with Gasteiger partial charge >= 0.3 is 0 Å². The highest BCUT2D eigenvalue weighted by atomic mass is 19.1. The summed E-state index contributed by atoms with van der Waals surface area (Å²) in [4.78, 5) is 12.4. The third kappa shape index (κ3) is 2.50. The van der Waals surface area contributed by atoms with Crippen molar-refractivity contribution >= 4 is 5.78 Å². The second-order valence-corrected chi connectivity index (χ2v) is 6.30. The Morgan fingerprint density at radius 1 is 1.25 bits per heavy atom. The van der Waals surface area contributed by atoms with Gasteiger partial charge < -0.3 is 0 Å². The van der Waals surface area contributed by atoms with E-state index in [0.29, 0.717) is 0 Å². The van der Waals surface area contributed by atoms with Crippen LogP contribution in [-0.2, 0) is 16.9 Å². The summed E-state index contributed by atoms with van der Waals surface area (Å²) >= 11 is 0. The maximum Gasteiger partial charge on any atom is 0.214 e. The van der Waals surface area contributed by atoms with Crippen molar-refractivity contribution in [1.82, 2.24) is 15.0 Å². The molecule has 2 rings (SSSR count). The first-order valence-corrected chi connectivity index (χ1v) is 7.55. The predicted molar refractivity (Wildman–Crippen MR) is 75.2 cm³/mol. The number of aromatic nitrogens is 3. The number of hydrogen-bond donors (Lipinski definition) is 0. The van der Waals surface area contributed by atoms with E-state index in [1.165, 1.54) is 0 Å². The summed E-state index contributed by atoms with van der Waals surface area (Å²) in [6.07, 6.45) is 3.65. The molecule has 112 valence electrons. The van der Waals surface area contributed by atoms with Gasteiger partial charge in [0.25, 0.3) is 0 Å². The second kappa shape index (κ2) is 5.62. The second-order valence-electron chi connectivity index (χ2n) is 6.30. The summed E-state index contributed by atoms with van der Waals surface area (Å²) in [5, 5.41) is 8.15. The number of hydrogen-bond acceptors (Lipinski definition) is 3. The van der Waals surface area contributed by atoms with E-state index in [4.69, 9.17) is 0 Å². The molecule has 0 amide bonds. The molecule has 5 heteroatoms. The van der Waals surface area contributed by atoms with Crippen molar-refractivity contribution < 1.29 is 9.18 Å². The average Bonchev–Trinajstić information content (AvgIpc) is 2.78. The van der Waals surface area contributed by atoms with Crippen molar-refractivity contribution in [3.05, 3.63) is 11.4 Å². The molecule has 0 radical (unpaired) electrons. The maximum absolute atomic E-state index is 15.5. The van der Waals surface area contributed by atoms with Crippen LogP contribution in [0.3, 0.4) is 0 Å². The van der Waals surface area contributed by atoms with E-state index in [9.17, 15) is 4.79 Å². The third-order valence-corrected chi connectivity index (χ3v) is 4.01. The number of carbonyl (C=O) groups excluding carboxylic acids is 1. The lowest BCUT2D eigenvalue weighted by molar-refractivity contribution is -0.135. The van der Waals surface area contributed by atoms with Crippen molar-refractivity contribution in [3.63, 3.8) is 0 Å². The number of halogens is 1. The largest absolute Gasteiger partial charge is 0.295 e. The Bertz CT molecular complexity index is 495. The quantitative estimate of drug-likeness (QED) is 0.853. The Morgan fingerprint density at radius 3 is 2.55 bits per heavy atom. The molecule has 0 aromatic carbocycles. The molecule has 0 aliphatic heterocycles. The lowest BCUT2D eigenvalue weighted by atomic mass is 9.82. The zero-order valence-corrected chi connectivity index (χ0v) is 12.8. The summed E-state index contributed by atoms with van der Waals surface area (Å²) in [5.74, 6) is -0.701. The first kappa shape index (κ1) is 15.1. The molecule has 1 aliphatic carbocycles. The summed E-state index contributed by atoms with van der Waals surface area (Å²) in [6, 6.07) is 0.129. The average molecular weight is 281 g/mol. The van der Waals surface area contributed by atoms with Gasteiger partial charge in [0.05, 0.1) is 5.69 Å². The number of ketones is 1. The van der Waals surface area contributed by atoms with Crippen LogP contribution in [0.1, 0.15) is 70.8 Å². The first-order chi connectivity index (χ1) is 9.38. The Morgan fingerprint density at radius 2 is 1.95 bits per heavy atom. The van der Waals surface area contributed by atoms with Crippen LogP contribution in [0.4, 0.5) is 4.39 Å². The van der Waals surface area contributed by atoms with E-state index >= 15 is 4.39 Å².